The van der Waals surface area contributed by atoms with Crippen molar-refractivity contribution in [1.82, 2.24) is 5.32 Å². The van der Waals surface area contributed by atoms with Crippen LogP contribution >= 0.6 is 0 Å². The maximum Gasteiger partial charge on any atom is 0.0715 e. The molecule has 0 aliphatic rings. The van der Waals surface area contributed by atoms with Gasteiger partial charge in [0.15, 0.2) is 0 Å². The summed E-state index contributed by atoms with van der Waals surface area (Å²) in [6.45, 7) is 7.42. The second-order valence-corrected chi connectivity index (χ2v) is 4.42. The van der Waals surface area contributed by atoms with Crippen molar-refractivity contribution in [2.45, 2.75) is 39.2 Å². The summed E-state index contributed by atoms with van der Waals surface area (Å²) in [4.78, 5) is 0. The van der Waals surface area contributed by atoms with Gasteiger partial charge in [-0.1, -0.05) is 6.92 Å². The van der Waals surface area contributed by atoms with E-state index in [0.29, 0.717) is 12.5 Å². The first-order valence-corrected chi connectivity index (χ1v) is 4.99. The van der Waals surface area contributed by atoms with Gasteiger partial charge in [0.2, 0.25) is 0 Å². The third-order valence-corrected chi connectivity index (χ3v) is 1.92. The fourth-order valence-electron chi connectivity index (χ4n) is 1.06. The van der Waals surface area contributed by atoms with E-state index < -0.39 is 5.60 Å². The Labute approximate surface area is 81.2 Å². The second-order valence-electron chi connectivity index (χ2n) is 4.42. The van der Waals surface area contributed by atoms with E-state index in [1.54, 1.807) is 13.8 Å². The summed E-state index contributed by atoms with van der Waals surface area (Å²) in [6.07, 6.45) is 2.09. The Hall–Kier alpha value is -0.120. The van der Waals surface area contributed by atoms with E-state index in [0.717, 1.165) is 19.4 Å². The first-order valence-electron chi connectivity index (χ1n) is 4.99. The molecule has 0 aromatic carbocycles. The lowest BCUT2D eigenvalue weighted by Gasteiger charge is -2.17. The van der Waals surface area contributed by atoms with Crippen LogP contribution in [0.25, 0.3) is 0 Å². The number of hydrogen-bond donors (Lipinski definition) is 3. The molecule has 0 radical (unpaired) electrons. The van der Waals surface area contributed by atoms with E-state index in [1.165, 1.54) is 0 Å². The predicted molar refractivity (Wildman–Crippen MR) is 54.7 cm³/mol. The Bertz CT molecular complexity index is 121. The lowest BCUT2D eigenvalue weighted by atomic mass is 10.1. The van der Waals surface area contributed by atoms with Gasteiger partial charge in [0.1, 0.15) is 0 Å². The van der Waals surface area contributed by atoms with Gasteiger partial charge in [0, 0.05) is 13.2 Å². The fraction of sp³-hybridized carbons (Fsp3) is 1.00. The molecule has 0 aromatic rings. The molecule has 3 nitrogen and oxygen atoms in total. The van der Waals surface area contributed by atoms with Crippen LogP contribution in [0.1, 0.15) is 33.6 Å². The lowest BCUT2D eigenvalue weighted by molar-refractivity contribution is 0.0797. The monoisotopic (exact) mass is 189 g/mol. The van der Waals surface area contributed by atoms with Crippen LogP contribution in [-0.4, -0.2) is 35.5 Å². The Kier molecular flexibility index (Phi) is 6.29. The van der Waals surface area contributed by atoms with Gasteiger partial charge in [0.25, 0.3) is 0 Å². The molecule has 0 amide bonds. The highest BCUT2D eigenvalue weighted by Crippen LogP contribution is 2.03. The van der Waals surface area contributed by atoms with Crippen molar-refractivity contribution in [3.05, 3.63) is 0 Å². The average Bonchev–Trinajstić information content (AvgIpc) is 2.01. The first-order chi connectivity index (χ1) is 5.95. The lowest BCUT2D eigenvalue weighted by Crippen LogP contribution is -2.35. The van der Waals surface area contributed by atoms with Gasteiger partial charge in [-0.3, -0.25) is 0 Å². The van der Waals surface area contributed by atoms with E-state index in [4.69, 9.17) is 5.11 Å². The number of aliphatic hydroxyl groups excluding tert-OH is 1. The van der Waals surface area contributed by atoms with Crippen LogP contribution in [0.2, 0.25) is 0 Å². The molecule has 0 fully saturated rings. The number of rotatable bonds is 7. The molecule has 1 unspecified atom stereocenters. The van der Waals surface area contributed by atoms with Crippen molar-refractivity contribution >= 4 is 0 Å². The van der Waals surface area contributed by atoms with Crippen LogP contribution in [0, 0.1) is 5.92 Å². The minimum Gasteiger partial charge on any atom is -0.396 e. The molecule has 0 aliphatic heterocycles. The molecule has 3 N–H and O–H groups in total. The quantitative estimate of drug-likeness (QED) is 0.518. The molecule has 0 saturated heterocycles. The van der Waals surface area contributed by atoms with Crippen molar-refractivity contribution in [2.75, 3.05) is 19.7 Å². The van der Waals surface area contributed by atoms with Crippen molar-refractivity contribution < 1.29 is 10.2 Å². The maximum atomic E-state index is 9.37. The molecule has 0 spiro atoms. The van der Waals surface area contributed by atoms with Gasteiger partial charge in [-0.2, -0.15) is 0 Å². The van der Waals surface area contributed by atoms with Crippen molar-refractivity contribution in [1.29, 1.82) is 0 Å². The standard InChI is InChI=1S/C10H23NO2/c1-9(7-12)5-4-6-11-8-10(2,3)13/h9,11-13H,4-8H2,1-3H3. The summed E-state index contributed by atoms with van der Waals surface area (Å²) in [5.41, 5.74) is -0.622. The zero-order valence-corrected chi connectivity index (χ0v) is 9.01. The Morgan fingerprint density at radius 3 is 2.46 bits per heavy atom. The number of hydrogen-bond acceptors (Lipinski definition) is 3. The third kappa shape index (κ3) is 9.80. The van der Waals surface area contributed by atoms with Gasteiger partial charge in [-0.05, 0) is 39.2 Å². The van der Waals surface area contributed by atoms with Crippen molar-refractivity contribution in [2.24, 2.45) is 5.92 Å². The molecule has 13 heavy (non-hydrogen) atoms. The molecule has 0 aliphatic carbocycles. The fourth-order valence-corrected chi connectivity index (χ4v) is 1.06. The second kappa shape index (κ2) is 6.35. The number of nitrogens with one attached hydrogen (secondary N) is 1. The summed E-state index contributed by atoms with van der Waals surface area (Å²) >= 11 is 0. The molecule has 0 heterocycles. The highest BCUT2D eigenvalue weighted by atomic mass is 16.3. The summed E-state index contributed by atoms with van der Waals surface area (Å²) in [5, 5.41) is 21.3. The highest BCUT2D eigenvalue weighted by molar-refractivity contribution is 4.68. The first kappa shape index (κ1) is 12.9. The van der Waals surface area contributed by atoms with Crippen molar-refractivity contribution in [3.63, 3.8) is 0 Å². The highest BCUT2D eigenvalue weighted by Gasteiger charge is 2.10. The number of aliphatic hydroxyl groups is 2. The Balaban J connectivity index is 3.18. The van der Waals surface area contributed by atoms with Crippen LogP contribution in [0.5, 0.6) is 0 Å². The van der Waals surface area contributed by atoms with E-state index >= 15 is 0 Å². The molecule has 3 heteroatoms. The predicted octanol–water partition coefficient (Wildman–Crippen LogP) is 0.755. The van der Waals surface area contributed by atoms with Crippen molar-refractivity contribution in [3.8, 4) is 0 Å². The molecule has 0 bridgehead atoms. The minimum absolute atomic E-state index is 0.269. The van der Waals surface area contributed by atoms with Crippen LogP contribution in [0.3, 0.4) is 0 Å². The topological polar surface area (TPSA) is 52.5 Å². The molecule has 0 rings (SSSR count). The largest absolute Gasteiger partial charge is 0.396 e. The van der Waals surface area contributed by atoms with Crippen LogP contribution in [-0.2, 0) is 0 Å². The molecule has 80 valence electrons. The van der Waals surface area contributed by atoms with E-state index in [9.17, 15) is 5.11 Å². The smallest absolute Gasteiger partial charge is 0.0715 e. The van der Waals surface area contributed by atoms with Gasteiger partial charge >= 0.3 is 0 Å². The Morgan fingerprint density at radius 2 is 2.00 bits per heavy atom. The molecular weight excluding hydrogens is 166 g/mol. The summed E-state index contributed by atoms with van der Waals surface area (Å²) in [5.74, 6) is 0.393. The van der Waals surface area contributed by atoms with E-state index in [1.807, 2.05) is 6.92 Å². The molecule has 1 atom stereocenters. The van der Waals surface area contributed by atoms with Gasteiger partial charge < -0.3 is 15.5 Å². The summed E-state index contributed by atoms with van der Waals surface area (Å²) in [6, 6.07) is 0. The van der Waals surface area contributed by atoms with Crippen LogP contribution in [0.15, 0.2) is 0 Å². The molecule has 0 saturated carbocycles. The zero-order chi connectivity index (χ0) is 10.3. The SMILES string of the molecule is CC(CO)CCCNCC(C)(C)O. The normalized spacial score (nSPS) is 14.5. The van der Waals surface area contributed by atoms with Crippen LogP contribution in [0.4, 0.5) is 0 Å². The van der Waals surface area contributed by atoms with E-state index in [2.05, 4.69) is 5.32 Å². The molecular formula is C10H23NO2. The maximum absolute atomic E-state index is 9.37. The van der Waals surface area contributed by atoms with Gasteiger partial charge in [-0.25, -0.2) is 0 Å². The Morgan fingerprint density at radius 1 is 1.38 bits per heavy atom. The average molecular weight is 189 g/mol. The van der Waals surface area contributed by atoms with Gasteiger partial charge in [0.05, 0.1) is 5.60 Å². The third-order valence-electron chi connectivity index (χ3n) is 1.92. The summed E-state index contributed by atoms with van der Waals surface area (Å²) < 4.78 is 0. The minimum atomic E-state index is -0.622. The summed E-state index contributed by atoms with van der Waals surface area (Å²) in [7, 11) is 0. The zero-order valence-electron chi connectivity index (χ0n) is 9.01. The van der Waals surface area contributed by atoms with E-state index in [-0.39, 0.29) is 6.61 Å². The molecule has 0 aromatic heterocycles. The van der Waals surface area contributed by atoms with Crippen LogP contribution < -0.4 is 5.32 Å². The van der Waals surface area contributed by atoms with Gasteiger partial charge in [-0.15, -0.1) is 0 Å².